The lowest BCUT2D eigenvalue weighted by Gasteiger charge is -2.04. The van der Waals surface area contributed by atoms with E-state index in [4.69, 9.17) is 11.6 Å². The van der Waals surface area contributed by atoms with Crippen molar-refractivity contribution in [3.05, 3.63) is 89.1 Å². The molecule has 4 rings (SSSR count). The number of carbonyl (C=O) groups excluding carboxylic acids is 1. The highest BCUT2D eigenvalue weighted by molar-refractivity contribution is 6.34. The summed E-state index contributed by atoms with van der Waals surface area (Å²) >= 11 is 6.46. The first-order valence-electron chi connectivity index (χ1n) is 9.16. The number of hydrogen-bond donors (Lipinski definition) is 1. The highest BCUT2D eigenvalue weighted by Crippen LogP contribution is 2.24. The van der Waals surface area contributed by atoms with Crippen LogP contribution in [-0.2, 0) is 13.0 Å². The Morgan fingerprint density at radius 3 is 2.59 bits per heavy atom. The third kappa shape index (κ3) is 4.20. The molecule has 1 N–H and O–H groups in total. The molecule has 0 atom stereocenters. The van der Waals surface area contributed by atoms with Crippen molar-refractivity contribution in [1.82, 2.24) is 24.5 Å². The maximum Gasteiger partial charge on any atom is 0.261 e. The summed E-state index contributed by atoms with van der Waals surface area (Å²) < 4.78 is 3.34. The van der Waals surface area contributed by atoms with Crippen LogP contribution in [0, 0.1) is 6.92 Å². The molecule has 146 valence electrons. The molecule has 7 nitrogen and oxygen atoms in total. The molecule has 4 aromatic rings. The van der Waals surface area contributed by atoms with Gasteiger partial charge in [-0.3, -0.25) is 14.5 Å². The van der Waals surface area contributed by atoms with E-state index in [1.54, 1.807) is 34.7 Å². The van der Waals surface area contributed by atoms with Gasteiger partial charge in [-0.05, 0) is 43.2 Å². The second-order valence-electron chi connectivity index (χ2n) is 6.52. The average Bonchev–Trinajstić information content (AvgIpc) is 3.31. The zero-order valence-electron chi connectivity index (χ0n) is 15.8. The second kappa shape index (κ2) is 8.28. The van der Waals surface area contributed by atoms with E-state index in [-0.39, 0.29) is 11.1 Å². The van der Waals surface area contributed by atoms with E-state index in [1.165, 1.54) is 5.56 Å². The molecule has 8 heteroatoms. The Bertz CT molecular complexity index is 1120. The summed E-state index contributed by atoms with van der Waals surface area (Å²) in [5.41, 5.74) is 2.85. The summed E-state index contributed by atoms with van der Waals surface area (Å²) in [6, 6.07) is 15.2. The van der Waals surface area contributed by atoms with E-state index in [0.717, 1.165) is 12.1 Å². The van der Waals surface area contributed by atoms with Crippen molar-refractivity contribution in [1.29, 1.82) is 0 Å². The minimum atomic E-state index is -0.339. The summed E-state index contributed by atoms with van der Waals surface area (Å²) in [5.74, 6) is 0.127. The number of pyridine rings is 1. The maximum atomic E-state index is 12.8. The molecule has 0 radical (unpaired) electrons. The van der Waals surface area contributed by atoms with Crippen LogP contribution in [0.15, 0.2) is 67.1 Å². The summed E-state index contributed by atoms with van der Waals surface area (Å²) in [4.78, 5) is 16.8. The number of para-hydroxylation sites is 1. The largest absolute Gasteiger partial charge is 0.305 e. The van der Waals surface area contributed by atoms with Crippen LogP contribution in [0.3, 0.4) is 0 Å². The SMILES string of the molecule is Cc1nn(-c2ccccc2)c(Cl)c1C(=O)Nc1ccn(CCc2ccncc2)n1. The molecule has 0 saturated carbocycles. The number of rotatable bonds is 6. The Hall–Kier alpha value is -3.45. The van der Waals surface area contributed by atoms with E-state index in [9.17, 15) is 4.79 Å². The molecule has 3 aromatic heterocycles. The van der Waals surface area contributed by atoms with Gasteiger partial charge in [0.25, 0.3) is 5.91 Å². The topological polar surface area (TPSA) is 77.6 Å². The number of benzene rings is 1. The molecule has 0 aliphatic carbocycles. The van der Waals surface area contributed by atoms with Crippen LogP contribution in [0.1, 0.15) is 21.6 Å². The van der Waals surface area contributed by atoms with Gasteiger partial charge in [0.05, 0.1) is 11.4 Å². The Kier molecular flexibility index (Phi) is 5.39. The van der Waals surface area contributed by atoms with E-state index in [1.807, 2.05) is 48.7 Å². The fourth-order valence-electron chi connectivity index (χ4n) is 3.02. The van der Waals surface area contributed by atoms with Crippen LogP contribution in [0.2, 0.25) is 5.15 Å². The molecule has 0 aliphatic heterocycles. The van der Waals surface area contributed by atoms with Gasteiger partial charge in [-0.1, -0.05) is 29.8 Å². The molecule has 0 fully saturated rings. The molecular weight excluding hydrogens is 388 g/mol. The highest BCUT2D eigenvalue weighted by Gasteiger charge is 2.21. The lowest BCUT2D eigenvalue weighted by Crippen LogP contribution is -2.14. The molecule has 29 heavy (non-hydrogen) atoms. The van der Waals surface area contributed by atoms with Gasteiger partial charge in [0, 0.05) is 31.2 Å². The fraction of sp³-hybridized carbons (Fsp3) is 0.143. The predicted octanol–water partition coefficient (Wildman–Crippen LogP) is 3.92. The molecule has 0 unspecified atom stereocenters. The number of carbonyl (C=O) groups is 1. The number of halogens is 1. The van der Waals surface area contributed by atoms with Gasteiger partial charge < -0.3 is 5.32 Å². The van der Waals surface area contributed by atoms with Crippen LogP contribution < -0.4 is 5.32 Å². The average molecular weight is 407 g/mol. The molecule has 0 aliphatic rings. The number of aromatic nitrogens is 5. The van der Waals surface area contributed by atoms with Crippen molar-refractivity contribution in [2.45, 2.75) is 19.9 Å². The van der Waals surface area contributed by atoms with Crippen LogP contribution in [-0.4, -0.2) is 30.5 Å². The normalized spacial score (nSPS) is 10.8. The molecular formula is C21H19ClN6O. The minimum absolute atomic E-state index is 0.267. The van der Waals surface area contributed by atoms with Gasteiger partial charge in [0.2, 0.25) is 0 Å². The van der Waals surface area contributed by atoms with Crippen LogP contribution >= 0.6 is 11.6 Å². The van der Waals surface area contributed by atoms with Gasteiger partial charge >= 0.3 is 0 Å². The Balaban J connectivity index is 1.46. The van der Waals surface area contributed by atoms with Gasteiger partial charge in [-0.25, -0.2) is 4.68 Å². The third-order valence-corrected chi connectivity index (χ3v) is 4.84. The number of nitrogens with zero attached hydrogens (tertiary/aromatic N) is 5. The smallest absolute Gasteiger partial charge is 0.261 e. The van der Waals surface area contributed by atoms with E-state index in [0.29, 0.717) is 23.6 Å². The van der Waals surface area contributed by atoms with Crippen molar-refractivity contribution < 1.29 is 4.79 Å². The van der Waals surface area contributed by atoms with Crippen molar-refractivity contribution in [3.63, 3.8) is 0 Å². The first kappa shape index (κ1) is 18.9. The number of anilines is 1. The van der Waals surface area contributed by atoms with Crippen LogP contribution in [0.4, 0.5) is 5.82 Å². The molecule has 1 aromatic carbocycles. The molecule has 0 saturated heterocycles. The quantitative estimate of drug-likeness (QED) is 0.526. The van der Waals surface area contributed by atoms with Crippen molar-refractivity contribution in [3.8, 4) is 5.69 Å². The van der Waals surface area contributed by atoms with E-state index < -0.39 is 0 Å². The zero-order valence-corrected chi connectivity index (χ0v) is 16.5. The van der Waals surface area contributed by atoms with Crippen LogP contribution in [0.5, 0.6) is 0 Å². The first-order valence-corrected chi connectivity index (χ1v) is 9.54. The Morgan fingerprint density at radius 2 is 1.83 bits per heavy atom. The lowest BCUT2D eigenvalue weighted by molar-refractivity contribution is 0.102. The summed E-state index contributed by atoms with van der Waals surface area (Å²) in [6.45, 7) is 2.46. The second-order valence-corrected chi connectivity index (χ2v) is 6.88. The van der Waals surface area contributed by atoms with Crippen LogP contribution in [0.25, 0.3) is 5.69 Å². The predicted molar refractivity (Wildman–Crippen MR) is 111 cm³/mol. The van der Waals surface area contributed by atoms with Crippen molar-refractivity contribution >= 4 is 23.3 Å². The molecule has 0 bridgehead atoms. The third-order valence-electron chi connectivity index (χ3n) is 4.49. The monoisotopic (exact) mass is 406 g/mol. The number of aryl methyl sites for hydroxylation is 3. The first-order chi connectivity index (χ1) is 14.1. The molecule has 0 spiro atoms. The van der Waals surface area contributed by atoms with Crippen molar-refractivity contribution in [2.24, 2.45) is 0 Å². The lowest BCUT2D eigenvalue weighted by atomic mass is 10.2. The van der Waals surface area contributed by atoms with Gasteiger partial charge in [0.1, 0.15) is 10.7 Å². The van der Waals surface area contributed by atoms with Crippen molar-refractivity contribution in [2.75, 3.05) is 5.32 Å². The Labute approximate surface area is 173 Å². The van der Waals surface area contributed by atoms with Gasteiger partial charge in [-0.15, -0.1) is 0 Å². The summed E-state index contributed by atoms with van der Waals surface area (Å²) in [6.07, 6.45) is 6.20. The maximum absolute atomic E-state index is 12.8. The number of nitrogens with one attached hydrogen (secondary N) is 1. The molecule has 3 heterocycles. The fourth-order valence-corrected chi connectivity index (χ4v) is 3.38. The zero-order chi connectivity index (χ0) is 20.2. The standard InChI is InChI=1S/C21H19ClN6O/c1-15-19(20(22)28(25-15)17-5-3-2-4-6-17)21(29)24-18-10-14-27(26-18)13-9-16-7-11-23-12-8-16/h2-8,10-12,14H,9,13H2,1H3,(H,24,26,29). The number of amides is 1. The minimum Gasteiger partial charge on any atom is -0.305 e. The Morgan fingerprint density at radius 1 is 1.07 bits per heavy atom. The van der Waals surface area contributed by atoms with Gasteiger partial charge in [-0.2, -0.15) is 10.2 Å². The number of hydrogen-bond acceptors (Lipinski definition) is 4. The summed E-state index contributed by atoms with van der Waals surface area (Å²) in [5, 5.41) is 11.9. The molecule has 1 amide bonds. The summed E-state index contributed by atoms with van der Waals surface area (Å²) in [7, 11) is 0. The van der Waals surface area contributed by atoms with E-state index in [2.05, 4.69) is 20.5 Å². The van der Waals surface area contributed by atoms with Gasteiger partial charge in [0.15, 0.2) is 5.82 Å². The highest BCUT2D eigenvalue weighted by atomic mass is 35.5. The van der Waals surface area contributed by atoms with E-state index >= 15 is 0 Å².